The number of aromatic nitrogens is 1. The highest BCUT2D eigenvalue weighted by Gasteiger charge is 2.11. The van der Waals surface area contributed by atoms with Gasteiger partial charge in [0.25, 0.3) is 0 Å². The highest BCUT2D eigenvalue weighted by Crippen LogP contribution is 2.26. The zero-order valence-electron chi connectivity index (χ0n) is 10.7. The Bertz CT molecular complexity index is 648. The lowest BCUT2D eigenvalue weighted by Gasteiger charge is -2.10. The van der Waals surface area contributed by atoms with Gasteiger partial charge in [-0.2, -0.15) is 5.26 Å². The van der Waals surface area contributed by atoms with Gasteiger partial charge in [-0.25, -0.2) is 4.98 Å². The highest BCUT2D eigenvalue weighted by molar-refractivity contribution is 5.76. The fraction of sp³-hybridized carbons (Fsp3) is 0.133. The smallest absolute Gasteiger partial charge is 0.305 e. The number of benzene rings is 1. The molecule has 2 rings (SSSR count). The molecule has 5 nitrogen and oxygen atoms in total. The number of rotatable bonds is 5. The van der Waals surface area contributed by atoms with Crippen LogP contribution in [0.3, 0.4) is 0 Å². The Morgan fingerprint density at radius 3 is 2.70 bits per heavy atom. The molecule has 0 aliphatic rings. The van der Waals surface area contributed by atoms with E-state index < -0.39 is 5.97 Å². The average molecular weight is 267 g/mol. The zero-order valence-corrected chi connectivity index (χ0v) is 10.7. The van der Waals surface area contributed by atoms with Crippen LogP contribution < -0.4 is 5.32 Å². The Kier molecular flexibility index (Phi) is 4.30. The number of carbonyl (C=O) groups is 1. The molecule has 0 saturated heterocycles. The summed E-state index contributed by atoms with van der Waals surface area (Å²) in [6.07, 6.45) is 1.58. The predicted molar refractivity (Wildman–Crippen MR) is 75.1 cm³/mol. The van der Waals surface area contributed by atoms with Crippen LogP contribution in [0.1, 0.15) is 12.0 Å². The summed E-state index contributed by atoms with van der Waals surface area (Å²) >= 11 is 0. The first-order valence-electron chi connectivity index (χ1n) is 6.12. The molecule has 5 heteroatoms. The summed E-state index contributed by atoms with van der Waals surface area (Å²) in [7, 11) is 0. The van der Waals surface area contributed by atoms with Crippen molar-refractivity contribution in [3.63, 3.8) is 0 Å². The average Bonchev–Trinajstić information content (AvgIpc) is 2.47. The summed E-state index contributed by atoms with van der Waals surface area (Å²) in [4.78, 5) is 14.6. The molecule has 1 heterocycles. The number of pyridine rings is 1. The molecule has 2 aromatic rings. The van der Waals surface area contributed by atoms with Crippen LogP contribution in [-0.4, -0.2) is 22.6 Å². The Hall–Kier alpha value is -2.87. The first-order valence-corrected chi connectivity index (χ1v) is 6.12. The second-order valence-corrected chi connectivity index (χ2v) is 4.13. The molecule has 20 heavy (non-hydrogen) atoms. The summed E-state index contributed by atoms with van der Waals surface area (Å²) in [5.41, 5.74) is 2.12. The van der Waals surface area contributed by atoms with Gasteiger partial charge >= 0.3 is 5.97 Å². The van der Waals surface area contributed by atoms with Crippen LogP contribution in [0.5, 0.6) is 0 Å². The van der Waals surface area contributed by atoms with Gasteiger partial charge in [0.2, 0.25) is 0 Å². The molecule has 1 aromatic heterocycles. The van der Waals surface area contributed by atoms with Crippen LogP contribution in [0.4, 0.5) is 5.82 Å². The minimum atomic E-state index is -0.893. The van der Waals surface area contributed by atoms with Crippen LogP contribution in [0.15, 0.2) is 42.6 Å². The number of anilines is 1. The van der Waals surface area contributed by atoms with Gasteiger partial charge in [-0.1, -0.05) is 30.3 Å². The molecule has 0 aliphatic heterocycles. The maximum absolute atomic E-state index is 10.5. The first kappa shape index (κ1) is 13.6. The number of nitrogens with one attached hydrogen (secondary N) is 1. The second-order valence-electron chi connectivity index (χ2n) is 4.13. The van der Waals surface area contributed by atoms with Gasteiger partial charge in [0.15, 0.2) is 0 Å². The maximum Gasteiger partial charge on any atom is 0.305 e. The molecule has 1 aromatic carbocycles. The molecule has 0 spiro atoms. The number of hydrogen-bond donors (Lipinski definition) is 2. The van der Waals surface area contributed by atoms with E-state index in [1.54, 1.807) is 12.3 Å². The molecule has 0 fully saturated rings. The molecular formula is C15H13N3O2. The summed E-state index contributed by atoms with van der Waals surface area (Å²) in [6, 6.07) is 13.4. The van der Waals surface area contributed by atoms with Crippen LogP contribution in [-0.2, 0) is 4.79 Å². The lowest BCUT2D eigenvalue weighted by atomic mass is 10.0. The van der Waals surface area contributed by atoms with Gasteiger partial charge < -0.3 is 10.4 Å². The van der Waals surface area contributed by atoms with Crippen molar-refractivity contribution in [3.05, 3.63) is 48.2 Å². The SMILES string of the molecule is N#Cc1c(-c2ccccc2)ccnc1NCCC(=O)O. The lowest BCUT2D eigenvalue weighted by molar-refractivity contribution is -0.136. The van der Waals surface area contributed by atoms with Gasteiger partial charge in [-0.3, -0.25) is 4.79 Å². The fourth-order valence-electron chi connectivity index (χ4n) is 1.86. The molecule has 2 N–H and O–H groups in total. The Labute approximate surface area is 116 Å². The standard InChI is InChI=1S/C15H13N3O2/c16-10-13-12(11-4-2-1-3-5-11)6-8-17-15(13)18-9-7-14(19)20/h1-6,8H,7,9H2,(H,17,18)(H,19,20). The summed E-state index contributed by atoms with van der Waals surface area (Å²) in [5.74, 6) is -0.481. The maximum atomic E-state index is 10.5. The highest BCUT2D eigenvalue weighted by atomic mass is 16.4. The van der Waals surface area contributed by atoms with Crippen molar-refractivity contribution in [3.8, 4) is 17.2 Å². The first-order chi connectivity index (χ1) is 9.72. The molecule has 0 aliphatic carbocycles. The third kappa shape index (κ3) is 3.12. The number of hydrogen-bond acceptors (Lipinski definition) is 4. The van der Waals surface area contributed by atoms with Crippen molar-refractivity contribution in [2.24, 2.45) is 0 Å². The van der Waals surface area contributed by atoms with E-state index in [0.29, 0.717) is 11.4 Å². The normalized spacial score (nSPS) is 9.75. The lowest BCUT2D eigenvalue weighted by Crippen LogP contribution is -2.10. The third-order valence-electron chi connectivity index (χ3n) is 2.78. The Morgan fingerprint density at radius 2 is 2.05 bits per heavy atom. The van der Waals surface area contributed by atoms with Crippen LogP contribution in [0, 0.1) is 11.3 Å². The van der Waals surface area contributed by atoms with Gasteiger partial charge in [-0.15, -0.1) is 0 Å². The van der Waals surface area contributed by atoms with Gasteiger partial charge in [0.05, 0.1) is 6.42 Å². The van der Waals surface area contributed by atoms with E-state index in [0.717, 1.165) is 11.1 Å². The van der Waals surface area contributed by atoms with Crippen molar-refractivity contribution in [2.75, 3.05) is 11.9 Å². The summed E-state index contributed by atoms with van der Waals surface area (Å²) in [6.45, 7) is 0.231. The van der Waals surface area contributed by atoms with E-state index in [1.807, 2.05) is 30.3 Å². The Balaban J connectivity index is 2.31. The topological polar surface area (TPSA) is 86.0 Å². The largest absolute Gasteiger partial charge is 0.481 e. The monoisotopic (exact) mass is 267 g/mol. The number of aliphatic carboxylic acids is 1. The fourth-order valence-corrected chi connectivity index (χ4v) is 1.86. The molecule has 0 unspecified atom stereocenters. The van der Waals surface area contributed by atoms with Crippen molar-refractivity contribution in [1.82, 2.24) is 4.98 Å². The minimum absolute atomic E-state index is 0.0257. The van der Waals surface area contributed by atoms with E-state index in [9.17, 15) is 10.1 Å². The minimum Gasteiger partial charge on any atom is -0.481 e. The van der Waals surface area contributed by atoms with E-state index in [-0.39, 0.29) is 13.0 Å². The van der Waals surface area contributed by atoms with E-state index in [4.69, 9.17) is 5.11 Å². The van der Waals surface area contributed by atoms with Gasteiger partial charge in [0.1, 0.15) is 17.5 Å². The molecule has 0 atom stereocenters. The number of nitriles is 1. The van der Waals surface area contributed by atoms with Gasteiger partial charge in [0, 0.05) is 18.3 Å². The van der Waals surface area contributed by atoms with E-state index in [1.165, 1.54) is 0 Å². The van der Waals surface area contributed by atoms with Crippen molar-refractivity contribution in [2.45, 2.75) is 6.42 Å². The third-order valence-corrected chi connectivity index (χ3v) is 2.78. The molecule has 100 valence electrons. The molecule has 0 bridgehead atoms. The van der Waals surface area contributed by atoms with E-state index in [2.05, 4.69) is 16.4 Å². The molecular weight excluding hydrogens is 254 g/mol. The number of nitrogens with zero attached hydrogens (tertiary/aromatic N) is 2. The number of carboxylic acids is 1. The molecule has 0 saturated carbocycles. The van der Waals surface area contributed by atoms with Crippen LogP contribution in [0.25, 0.3) is 11.1 Å². The molecule has 0 radical (unpaired) electrons. The Morgan fingerprint density at radius 1 is 1.30 bits per heavy atom. The van der Waals surface area contributed by atoms with Crippen molar-refractivity contribution in [1.29, 1.82) is 5.26 Å². The van der Waals surface area contributed by atoms with Crippen LogP contribution in [0.2, 0.25) is 0 Å². The predicted octanol–water partition coefficient (Wildman–Crippen LogP) is 2.51. The summed E-state index contributed by atoms with van der Waals surface area (Å²) < 4.78 is 0. The second kappa shape index (κ2) is 6.34. The zero-order chi connectivity index (χ0) is 14.4. The molecule has 0 amide bonds. The van der Waals surface area contributed by atoms with Gasteiger partial charge in [-0.05, 0) is 11.6 Å². The quantitative estimate of drug-likeness (QED) is 0.869. The number of carboxylic acid groups (broad SMARTS) is 1. The van der Waals surface area contributed by atoms with Crippen molar-refractivity contribution >= 4 is 11.8 Å². The van der Waals surface area contributed by atoms with E-state index >= 15 is 0 Å². The van der Waals surface area contributed by atoms with Crippen LogP contribution >= 0.6 is 0 Å². The van der Waals surface area contributed by atoms with Crippen molar-refractivity contribution < 1.29 is 9.90 Å². The summed E-state index contributed by atoms with van der Waals surface area (Å²) in [5, 5.41) is 20.8.